The molecule has 0 saturated heterocycles. The smallest absolute Gasteiger partial charge is 0.119 e. The summed E-state index contributed by atoms with van der Waals surface area (Å²) in [5.74, 6) is 2.89. The summed E-state index contributed by atoms with van der Waals surface area (Å²) in [6.07, 6.45) is 5.75. The standard InChI is InChI=1S/C16H23NO/c1-11(13-4-3-5-15(10-13)18-2)17-16-9-12-6-7-14(16)8-12/h3-5,10-12,14,16-17H,6-9H2,1-2H3. The van der Waals surface area contributed by atoms with Crippen molar-refractivity contribution in [3.05, 3.63) is 29.8 Å². The molecule has 1 aromatic rings. The Morgan fingerprint density at radius 1 is 1.28 bits per heavy atom. The highest BCUT2D eigenvalue weighted by Gasteiger charge is 2.39. The van der Waals surface area contributed by atoms with Gasteiger partial charge in [0.25, 0.3) is 0 Å². The van der Waals surface area contributed by atoms with Crippen molar-refractivity contribution in [1.82, 2.24) is 5.32 Å². The van der Waals surface area contributed by atoms with E-state index in [2.05, 4.69) is 30.4 Å². The maximum Gasteiger partial charge on any atom is 0.119 e. The first kappa shape index (κ1) is 12.0. The average molecular weight is 245 g/mol. The number of benzene rings is 1. The summed E-state index contributed by atoms with van der Waals surface area (Å²) in [4.78, 5) is 0. The van der Waals surface area contributed by atoms with Crippen molar-refractivity contribution in [3.63, 3.8) is 0 Å². The van der Waals surface area contributed by atoms with E-state index in [-0.39, 0.29) is 0 Å². The van der Waals surface area contributed by atoms with Crippen molar-refractivity contribution in [2.45, 2.75) is 44.7 Å². The number of ether oxygens (including phenoxy) is 1. The van der Waals surface area contributed by atoms with Crippen LogP contribution in [-0.2, 0) is 0 Å². The third kappa shape index (κ3) is 2.26. The third-order valence-corrected chi connectivity index (χ3v) is 4.80. The van der Waals surface area contributed by atoms with Gasteiger partial charge in [-0.25, -0.2) is 0 Å². The van der Waals surface area contributed by atoms with Crippen molar-refractivity contribution >= 4 is 0 Å². The van der Waals surface area contributed by atoms with E-state index in [0.29, 0.717) is 6.04 Å². The Morgan fingerprint density at radius 3 is 2.83 bits per heavy atom. The highest BCUT2D eigenvalue weighted by atomic mass is 16.5. The molecule has 18 heavy (non-hydrogen) atoms. The first-order valence-corrected chi connectivity index (χ1v) is 7.16. The molecular formula is C16H23NO. The lowest BCUT2D eigenvalue weighted by Crippen LogP contribution is -2.35. The monoisotopic (exact) mass is 245 g/mol. The molecule has 2 heteroatoms. The Hall–Kier alpha value is -1.02. The van der Waals surface area contributed by atoms with Gasteiger partial charge in [0.1, 0.15) is 5.75 Å². The Balaban J connectivity index is 1.65. The number of methoxy groups -OCH3 is 1. The molecule has 1 N–H and O–H groups in total. The summed E-state index contributed by atoms with van der Waals surface area (Å²) in [6, 6.07) is 9.58. The van der Waals surface area contributed by atoms with E-state index in [1.807, 2.05) is 6.07 Å². The van der Waals surface area contributed by atoms with Crippen LogP contribution in [0.15, 0.2) is 24.3 Å². The summed E-state index contributed by atoms with van der Waals surface area (Å²) in [7, 11) is 1.73. The Labute approximate surface area is 110 Å². The van der Waals surface area contributed by atoms with Gasteiger partial charge in [-0.15, -0.1) is 0 Å². The molecule has 2 aliphatic carbocycles. The van der Waals surface area contributed by atoms with Crippen LogP contribution in [0.5, 0.6) is 5.75 Å². The van der Waals surface area contributed by atoms with Gasteiger partial charge in [-0.3, -0.25) is 0 Å². The van der Waals surface area contributed by atoms with Crippen LogP contribution in [0.25, 0.3) is 0 Å². The lowest BCUT2D eigenvalue weighted by molar-refractivity contribution is 0.326. The van der Waals surface area contributed by atoms with E-state index in [9.17, 15) is 0 Å². The number of nitrogens with one attached hydrogen (secondary N) is 1. The molecule has 2 aliphatic rings. The minimum absolute atomic E-state index is 0.421. The molecule has 2 bridgehead atoms. The number of hydrogen-bond acceptors (Lipinski definition) is 2. The molecule has 0 aromatic heterocycles. The van der Waals surface area contributed by atoms with Crippen molar-refractivity contribution in [3.8, 4) is 5.75 Å². The quantitative estimate of drug-likeness (QED) is 0.876. The first-order chi connectivity index (χ1) is 8.76. The van der Waals surface area contributed by atoms with Gasteiger partial charge in [-0.05, 0) is 55.7 Å². The number of hydrogen-bond donors (Lipinski definition) is 1. The molecule has 2 fully saturated rings. The van der Waals surface area contributed by atoms with Gasteiger partial charge in [0.15, 0.2) is 0 Å². The molecule has 4 unspecified atom stereocenters. The van der Waals surface area contributed by atoms with Crippen molar-refractivity contribution in [2.24, 2.45) is 11.8 Å². The van der Waals surface area contributed by atoms with Gasteiger partial charge in [-0.1, -0.05) is 18.6 Å². The predicted octanol–water partition coefficient (Wildman–Crippen LogP) is 3.53. The van der Waals surface area contributed by atoms with E-state index in [1.54, 1.807) is 7.11 Å². The van der Waals surface area contributed by atoms with Gasteiger partial charge in [0.2, 0.25) is 0 Å². The summed E-state index contributed by atoms with van der Waals surface area (Å²) in [5, 5.41) is 3.82. The topological polar surface area (TPSA) is 21.3 Å². The molecule has 0 radical (unpaired) electrons. The maximum absolute atomic E-state index is 5.30. The molecule has 0 amide bonds. The Kier molecular flexibility index (Phi) is 3.29. The van der Waals surface area contributed by atoms with E-state index in [4.69, 9.17) is 4.74 Å². The van der Waals surface area contributed by atoms with Crippen LogP contribution >= 0.6 is 0 Å². The lowest BCUT2D eigenvalue weighted by atomic mass is 9.94. The molecule has 0 heterocycles. The van der Waals surface area contributed by atoms with E-state index < -0.39 is 0 Å². The zero-order chi connectivity index (χ0) is 12.5. The Bertz CT molecular complexity index is 417. The van der Waals surface area contributed by atoms with Crippen LogP contribution in [0.1, 0.15) is 44.2 Å². The highest BCUT2D eigenvalue weighted by molar-refractivity contribution is 5.30. The first-order valence-electron chi connectivity index (χ1n) is 7.16. The molecule has 1 aromatic carbocycles. The average Bonchev–Trinajstić information content (AvgIpc) is 3.01. The van der Waals surface area contributed by atoms with Crippen LogP contribution in [0.3, 0.4) is 0 Å². The van der Waals surface area contributed by atoms with Gasteiger partial charge in [0.05, 0.1) is 7.11 Å². The second kappa shape index (κ2) is 4.93. The summed E-state index contributed by atoms with van der Waals surface area (Å²) >= 11 is 0. The third-order valence-electron chi connectivity index (χ3n) is 4.80. The summed E-state index contributed by atoms with van der Waals surface area (Å²) in [6.45, 7) is 2.26. The minimum atomic E-state index is 0.421. The molecule has 0 aliphatic heterocycles. The molecule has 4 atom stereocenters. The summed E-state index contributed by atoms with van der Waals surface area (Å²) in [5.41, 5.74) is 1.33. The minimum Gasteiger partial charge on any atom is -0.497 e. The van der Waals surface area contributed by atoms with Crippen LogP contribution in [0.2, 0.25) is 0 Å². The van der Waals surface area contributed by atoms with Crippen molar-refractivity contribution in [2.75, 3.05) is 7.11 Å². The number of fused-ring (bicyclic) bond motifs is 2. The number of rotatable bonds is 4. The Morgan fingerprint density at radius 2 is 2.17 bits per heavy atom. The van der Waals surface area contributed by atoms with Gasteiger partial charge in [0, 0.05) is 12.1 Å². The van der Waals surface area contributed by atoms with E-state index in [1.165, 1.54) is 31.2 Å². The van der Waals surface area contributed by atoms with Crippen LogP contribution < -0.4 is 10.1 Å². The largest absolute Gasteiger partial charge is 0.497 e. The molecule has 3 rings (SSSR count). The fraction of sp³-hybridized carbons (Fsp3) is 0.625. The summed E-state index contributed by atoms with van der Waals surface area (Å²) < 4.78 is 5.30. The van der Waals surface area contributed by atoms with Gasteiger partial charge in [-0.2, -0.15) is 0 Å². The van der Waals surface area contributed by atoms with E-state index >= 15 is 0 Å². The molecular weight excluding hydrogens is 222 g/mol. The van der Waals surface area contributed by atoms with Gasteiger partial charge >= 0.3 is 0 Å². The highest BCUT2D eigenvalue weighted by Crippen LogP contribution is 2.45. The SMILES string of the molecule is COc1cccc(C(C)NC2CC3CCC2C3)c1. The molecule has 2 saturated carbocycles. The molecule has 98 valence electrons. The van der Waals surface area contributed by atoms with Crippen LogP contribution in [0.4, 0.5) is 0 Å². The normalized spacial score (nSPS) is 31.6. The maximum atomic E-state index is 5.30. The van der Waals surface area contributed by atoms with Crippen molar-refractivity contribution < 1.29 is 4.74 Å². The fourth-order valence-corrected chi connectivity index (χ4v) is 3.78. The second-order valence-corrected chi connectivity index (χ2v) is 5.95. The van der Waals surface area contributed by atoms with Crippen LogP contribution in [0, 0.1) is 11.8 Å². The van der Waals surface area contributed by atoms with Crippen molar-refractivity contribution in [1.29, 1.82) is 0 Å². The zero-order valence-corrected chi connectivity index (χ0v) is 11.4. The molecule has 0 spiro atoms. The zero-order valence-electron chi connectivity index (χ0n) is 11.4. The second-order valence-electron chi connectivity index (χ2n) is 5.95. The lowest BCUT2D eigenvalue weighted by Gasteiger charge is -2.27. The van der Waals surface area contributed by atoms with Crippen LogP contribution in [-0.4, -0.2) is 13.2 Å². The fourth-order valence-electron chi connectivity index (χ4n) is 3.78. The predicted molar refractivity (Wildman–Crippen MR) is 73.8 cm³/mol. The van der Waals surface area contributed by atoms with Gasteiger partial charge < -0.3 is 10.1 Å². The molecule has 2 nitrogen and oxygen atoms in total. The van der Waals surface area contributed by atoms with E-state index in [0.717, 1.165) is 23.6 Å².